The number of hydrogen-bond donors (Lipinski definition) is 1. The molecule has 0 aliphatic carbocycles. The van der Waals surface area contributed by atoms with Crippen LogP contribution in [0, 0.1) is 5.82 Å². The molecule has 0 atom stereocenters. The first kappa shape index (κ1) is 14.6. The van der Waals surface area contributed by atoms with Gasteiger partial charge in [-0.15, -0.1) is 11.3 Å². The van der Waals surface area contributed by atoms with Gasteiger partial charge in [0.1, 0.15) is 10.8 Å². The highest BCUT2D eigenvalue weighted by molar-refractivity contribution is 9.10. The van der Waals surface area contributed by atoms with E-state index < -0.39 is 0 Å². The molecule has 2 aromatic rings. The molecule has 0 bridgehead atoms. The van der Waals surface area contributed by atoms with E-state index in [1.54, 1.807) is 17.4 Å². The van der Waals surface area contributed by atoms with E-state index in [1.807, 2.05) is 11.4 Å². The summed E-state index contributed by atoms with van der Waals surface area (Å²) in [6.45, 7) is 7.02. The molecule has 2 nitrogen and oxygen atoms in total. The Hall–Kier alpha value is -0.780. The Kier molecular flexibility index (Phi) is 4.38. The van der Waals surface area contributed by atoms with Crippen LogP contribution in [0.4, 0.5) is 4.39 Å². The third kappa shape index (κ3) is 4.09. The molecule has 1 aromatic carbocycles. The SMILES string of the molecule is CC(C)(C)NCc1nc(-c2ccc(Br)cc2F)cs1. The van der Waals surface area contributed by atoms with Gasteiger partial charge in [-0.3, -0.25) is 0 Å². The van der Waals surface area contributed by atoms with Crippen molar-refractivity contribution in [2.45, 2.75) is 32.9 Å². The summed E-state index contributed by atoms with van der Waals surface area (Å²) < 4.78 is 14.6. The standard InChI is InChI=1S/C14H16BrFN2S/c1-14(2,3)17-7-13-18-12(8-19-13)10-5-4-9(15)6-11(10)16/h4-6,8,17H,7H2,1-3H3. The van der Waals surface area contributed by atoms with Crippen LogP contribution < -0.4 is 5.32 Å². The van der Waals surface area contributed by atoms with Crippen molar-refractivity contribution < 1.29 is 4.39 Å². The third-order valence-corrected chi connectivity index (χ3v) is 3.87. The lowest BCUT2D eigenvalue weighted by Gasteiger charge is -2.19. The monoisotopic (exact) mass is 342 g/mol. The van der Waals surface area contributed by atoms with Crippen LogP contribution in [-0.4, -0.2) is 10.5 Å². The van der Waals surface area contributed by atoms with Gasteiger partial charge >= 0.3 is 0 Å². The van der Waals surface area contributed by atoms with E-state index in [2.05, 4.69) is 47.0 Å². The molecule has 0 spiro atoms. The van der Waals surface area contributed by atoms with Gasteiger partial charge in [-0.25, -0.2) is 9.37 Å². The largest absolute Gasteiger partial charge is 0.306 e. The maximum atomic E-state index is 13.8. The zero-order valence-electron chi connectivity index (χ0n) is 11.1. The van der Waals surface area contributed by atoms with Crippen molar-refractivity contribution in [2.75, 3.05) is 0 Å². The Morgan fingerprint density at radius 2 is 2.11 bits per heavy atom. The molecule has 1 heterocycles. The number of thiazole rings is 1. The second kappa shape index (κ2) is 5.69. The zero-order chi connectivity index (χ0) is 14.0. The molecule has 1 N–H and O–H groups in total. The summed E-state index contributed by atoms with van der Waals surface area (Å²) in [5.41, 5.74) is 1.29. The Bertz CT molecular complexity index is 575. The van der Waals surface area contributed by atoms with Crippen LogP contribution >= 0.6 is 27.3 Å². The van der Waals surface area contributed by atoms with E-state index in [-0.39, 0.29) is 11.4 Å². The van der Waals surface area contributed by atoms with Gasteiger partial charge in [-0.1, -0.05) is 15.9 Å². The Balaban J connectivity index is 2.16. The molecule has 0 saturated heterocycles. The minimum absolute atomic E-state index is 0.0503. The lowest BCUT2D eigenvalue weighted by atomic mass is 10.1. The minimum Gasteiger partial charge on any atom is -0.306 e. The molecule has 0 amide bonds. The lowest BCUT2D eigenvalue weighted by molar-refractivity contribution is 0.424. The van der Waals surface area contributed by atoms with E-state index in [4.69, 9.17) is 0 Å². The quantitative estimate of drug-likeness (QED) is 0.881. The van der Waals surface area contributed by atoms with Crippen molar-refractivity contribution in [3.63, 3.8) is 0 Å². The van der Waals surface area contributed by atoms with Gasteiger partial charge in [0.05, 0.1) is 5.69 Å². The number of halogens is 2. The van der Waals surface area contributed by atoms with Crippen molar-refractivity contribution in [2.24, 2.45) is 0 Å². The highest BCUT2D eigenvalue weighted by atomic mass is 79.9. The fourth-order valence-electron chi connectivity index (χ4n) is 1.55. The minimum atomic E-state index is -0.255. The van der Waals surface area contributed by atoms with Crippen LogP contribution in [0.5, 0.6) is 0 Å². The number of aromatic nitrogens is 1. The molecule has 0 radical (unpaired) electrons. The first-order valence-corrected chi connectivity index (χ1v) is 7.67. The summed E-state index contributed by atoms with van der Waals surface area (Å²) in [5, 5.41) is 6.23. The van der Waals surface area contributed by atoms with Gasteiger partial charge in [-0.05, 0) is 39.0 Å². The van der Waals surface area contributed by atoms with E-state index in [1.165, 1.54) is 6.07 Å². The normalized spacial score (nSPS) is 11.8. The van der Waals surface area contributed by atoms with Gasteiger partial charge in [0.2, 0.25) is 0 Å². The average molecular weight is 343 g/mol. The van der Waals surface area contributed by atoms with Crippen LogP contribution in [0.2, 0.25) is 0 Å². The maximum absolute atomic E-state index is 13.8. The number of benzene rings is 1. The average Bonchev–Trinajstić information content (AvgIpc) is 2.74. The van der Waals surface area contributed by atoms with Crippen LogP contribution in [0.15, 0.2) is 28.1 Å². The number of hydrogen-bond acceptors (Lipinski definition) is 3. The van der Waals surface area contributed by atoms with E-state index >= 15 is 0 Å². The van der Waals surface area contributed by atoms with Crippen molar-refractivity contribution in [3.05, 3.63) is 38.9 Å². The second-order valence-electron chi connectivity index (χ2n) is 5.35. The molecule has 0 saturated carbocycles. The van der Waals surface area contributed by atoms with Gasteiger partial charge < -0.3 is 5.32 Å². The smallest absolute Gasteiger partial charge is 0.133 e. The predicted octanol–water partition coefficient (Wildman–Crippen LogP) is 4.60. The molecule has 0 aliphatic rings. The summed E-state index contributed by atoms with van der Waals surface area (Å²) in [6, 6.07) is 5.03. The topological polar surface area (TPSA) is 24.9 Å². The van der Waals surface area contributed by atoms with Gasteiger partial charge in [0.15, 0.2) is 0 Å². The van der Waals surface area contributed by atoms with Crippen LogP contribution in [0.25, 0.3) is 11.3 Å². The van der Waals surface area contributed by atoms with E-state index in [0.29, 0.717) is 17.8 Å². The third-order valence-electron chi connectivity index (χ3n) is 2.53. The highest BCUT2D eigenvalue weighted by Gasteiger charge is 2.12. The first-order chi connectivity index (χ1) is 8.85. The maximum Gasteiger partial charge on any atom is 0.133 e. The zero-order valence-corrected chi connectivity index (χ0v) is 13.5. The van der Waals surface area contributed by atoms with Gasteiger partial charge in [0, 0.05) is 27.5 Å². The summed E-state index contributed by atoms with van der Waals surface area (Å²) in [6.07, 6.45) is 0. The summed E-state index contributed by atoms with van der Waals surface area (Å²) in [4.78, 5) is 4.47. The number of nitrogens with zero attached hydrogens (tertiary/aromatic N) is 1. The molecule has 2 rings (SSSR count). The molecule has 0 unspecified atom stereocenters. The lowest BCUT2D eigenvalue weighted by Crippen LogP contribution is -2.34. The van der Waals surface area contributed by atoms with Crippen LogP contribution in [0.3, 0.4) is 0 Å². The molecule has 0 fully saturated rings. The van der Waals surface area contributed by atoms with Gasteiger partial charge in [-0.2, -0.15) is 0 Å². The molecular weight excluding hydrogens is 327 g/mol. The number of nitrogens with one attached hydrogen (secondary N) is 1. The van der Waals surface area contributed by atoms with Crippen molar-refractivity contribution >= 4 is 27.3 Å². The summed E-state index contributed by atoms with van der Waals surface area (Å²) >= 11 is 4.80. The highest BCUT2D eigenvalue weighted by Crippen LogP contribution is 2.26. The second-order valence-corrected chi connectivity index (χ2v) is 7.21. The molecule has 102 valence electrons. The van der Waals surface area contributed by atoms with Gasteiger partial charge in [0.25, 0.3) is 0 Å². The van der Waals surface area contributed by atoms with Crippen molar-refractivity contribution in [1.82, 2.24) is 10.3 Å². The van der Waals surface area contributed by atoms with Crippen molar-refractivity contribution in [3.8, 4) is 11.3 Å². The number of rotatable bonds is 3. The van der Waals surface area contributed by atoms with E-state index in [9.17, 15) is 4.39 Å². The Labute approximate surface area is 125 Å². The molecule has 19 heavy (non-hydrogen) atoms. The fourth-order valence-corrected chi connectivity index (χ4v) is 2.62. The van der Waals surface area contributed by atoms with Crippen LogP contribution in [0.1, 0.15) is 25.8 Å². The van der Waals surface area contributed by atoms with E-state index in [0.717, 1.165) is 9.48 Å². The predicted molar refractivity (Wildman–Crippen MR) is 81.8 cm³/mol. The fraction of sp³-hybridized carbons (Fsp3) is 0.357. The molecule has 5 heteroatoms. The summed E-state index contributed by atoms with van der Waals surface area (Å²) in [7, 11) is 0. The Morgan fingerprint density at radius 1 is 1.37 bits per heavy atom. The Morgan fingerprint density at radius 3 is 2.74 bits per heavy atom. The first-order valence-electron chi connectivity index (χ1n) is 6.00. The molecular formula is C14H16BrFN2S. The molecule has 1 aromatic heterocycles. The van der Waals surface area contributed by atoms with Crippen LogP contribution in [-0.2, 0) is 6.54 Å². The van der Waals surface area contributed by atoms with Crippen molar-refractivity contribution in [1.29, 1.82) is 0 Å². The molecule has 0 aliphatic heterocycles. The summed E-state index contributed by atoms with van der Waals surface area (Å²) in [5.74, 6) is -0.255.